The van der Waals surface area contributed by atoms with Crippen LogP contribution in [-0.4, -0.2) is 18.6 Å². The van der Waals surface area contributed by atoms with Gasteiger partial charge in [0.2, 0.25) is 0 Å². The first-order valence-corrected chi connectivity index (χ1v) is 6.55. The summed E-state index contributed by atoms with van der Waals surface area (Å²) in [5.74, 6) is 0.869. The maximum atomic E-state index is 5.13. The fourth-order valence-corrected chi connectivity index (χ4v) is 2.23. The Morgan fingerprint density at radius 2 is 2.06 bits per heavy atom. The van der Waals surface area contributed by atoms with Crippen LogP contribution >= 0.6 is 11.3 Å². The number of benzene rings is 1. The minimum absolute atomic E-state index is 0.869. The van der Waals surface area contributed by atoms with E-state index in [-0.39, 0.29) is 0 Å². The van der Waals surface area contributed by atoms with E-state index in [1.807, 2.05) is 24.3 Å². The van der Waals surface area contributed by atoms with Gasteiger partial charge in [0.1, 0.15) is 5.75 Å². The number of aromatic nitrogens is 1. The van der Waals surface area contributed by atoms with Gasteiger partial charge in [-0.15, -0.1) is 11.3 Å². The van der Waals surface area contributed by atoms with E-state index < -0.39 is 0 Å². The molecule has 1 heterocycles. The summed E-state index contributed by atoms with van der Waals surface area (Å²) >= 11 is 1.64. The Morgan fingerprint density at radius 1 is 1.29 bits per heavy atom. The van der Waals surface area contributed by atoms with Crippen molar-refractivity contribution in [3.63, 3.8) is 0 Å². The van der Waals surface area contributed by atoms with Crippen LogP contribution in [0.5, 0.6) is 5.75 Å². The van der Waals surface area contributed by atoms with Gasteiger partial charge in [-0.25, -0.2) is 4.98 Å². The number of thiazole rings is 1. The average molecular weight is 248 g/mol. The van der Waals surface area contributed by atoms with Crippen LogP contribution in [0.2, 0.25) is 0 Å². The van der Waals surface area contributed by atoms with Crippen LogP contribution in [0.15, 0.2) is 29.6 Å². The summed E-state index contributed by atoms with van der Waals surface area (Å²) in [4.78, 5) is 4.54. The maximum absolute atomic E-state index is 5.13. The Balaban J connectivity index is 2.12. The molecule has 17 heavy (non-hydrogen) atoms. The Morgan fingerprint density at radius 3 is 2.71 bits per heavy atom. The lowest BCUT2D eigenvalue weighted by Gasteiger charge is -2.01. The van der Waals surface area contributed by atoms with Crippen LogP contribution in [0.25, 0.3) is 11.3 Å². The zero-order valence-corrected chi connectivity index (χ0v) is 10.9. The van der Waals surface area contributed by atoms with E-state index in [1.54, 1.807) is 18.4 Å². The molecule has 90 valence electrons. The maximum Gasteiger partial charge on any atom is 0.183 e. The van der Waals surface area contributed by atoms with E-state index in [1.165, 1.54) is 0 Å². The second-order valence-corrected chi connectivity index (χ2v) is 4.55. The molecular formula is C13H16N2OS. The normalized spacial score (nSPS) is 10.2. The lowest BCUT2D eigenvalue weighted by Crippen LogP contribution is -1.98. The molecule has 1 aromatic carbocycles. The Hall–Kier alpha value is -1.55. The smallest absolute Gasteiger partial charge is 0.183 e. The highest BCUT2D eigenvalue weighted by atomic mass is 32.1. The predicted molar refractivity (Wildman–Crippen MR) is 72.9 cm³/mol. The van der Waals surface area contributed by atoms with E-state index in [9.17, 15) is 0 Å². The summed E-state index contributed by atoms with van der Waals surface area (Å²) in [5.41, 5.74) is 2.13. The molecular weight excluding hydrogens is 232 g/mol. The monoisotopic (exact) mass is 248 g/mol. The Bertz CT molecular complexity index is 465. The summed E-state index contributed by atoms with van der Waals surface area (Å²) in [7, 11) is 1.67. The van der Waals surface area contributed by atoms with Crippen LogP contribution in [0.1, 0.15) is 13.3 Å². The molecule has 0 fully saturated rings. The molecule has 0 atom stereocenters. The molecule has 3 nitrogen and oxygen atoms in total. The summed E-state index contributed by atoms with van der Waals surface area (Å²) in [6, 6.07) is 7.95. The first-order valence-electron chi connectivity index (χ1n) is 5.67. The first kappa shape index (κ1) is 11.9. The minimum atomic E-state index is 0.869. The van der Waals surface area contributed by atoms with Crippen molar-refractivity contribution >= 4 is 16.5 Å². The Kier molecular flexibility index (Phi) is 3.98. The molecule has 1 aromatic heterocycles. The average Bonchev–Trinajstić information content (AvgIpc) is 2.85. The van der Waals surface area contributed by atoms with Crippen molar-refractivity contribution in [3.05, 3.63) is 29.6 Å². The third kappa shape index (κ3) is 2.97. The lowest BCUT2D eigenvalue weighted by molar-refractivity contribution is 0.415. The van der Waals surface area contributed by atoms with Crippen molar-refractivity contribution in [2.75, 3.05) is 19.0 Å². The second kappa shape index (κ2) is 5.68. The highest BCUT2D eigenvalue weighted by molar-refractivity contribution is 7.14. The predicted octanol–water partition coefficient (Wildman–Crippen LogP) is 3.64. The van der Waals surface area contributed by atoms with Gasteiger partial charge < -0.3 is 10.1 Å². The van der Waals surface area contributed by atoms with E-state index in [4.69, 9.17) is 4.74 Å². The number of anilines is 1. The number of ether oxygens (including phenoxy) is 1. The van der Waals surface area contributed by atoms with Crippen LogP contribution in [0.4, 0.5) is 5.13 Å². The number of methoxy groups -OCH3 is 1. The van der Waals surface area contributed by atoms with Crippen LogP contribution in [0, 0.1) is 0 Å². The molecule has 0 aliphatic heterocycles. The number of nitrogens with zero attached hydrogens (tertiary/aromatic N) is 1. The van der Waals surface area contributed by atoms with Gasteiger partial charge in [-0.3, -0.25) is 0 Å². The third-order valence-corrected chi connectivity index (χ3v) is 3.22. The second-order valence-electron chi connectivity index (χ2n) is 3.69. The zero-order chi connectivity index (χ0) is 12.1. The Labute approximate surface area is 105 Å². The molecule has 0 radical (unpaired) electrons. The van der Waals surface area contributed by atoms with Crippen molar-refractivity contribution in [2.45, 2.75) is 13.3 Å². The van der Waals surface area contributed by atoms with E-state index in [2.05, 4.69) is 22.6 Å². The number of nitrogens with one attached hydrogen (secondary N) is 1. The largest absolute Gasteiger partial charge is 0.497 e. The fourth-order valence-electron chi connectivity index (χ4n) is 1.48. The molecule has 0 saturated carbocycles. The van der Waals surface area contributed by atoms with E-state index in [0.29, 0.717) is 0 Å². The SMILES string of the molecule is CCCNc1nc(-c2ccc(OC)cc2)cs1. The van der Waals surface area contributed by atoms with Gasteiger partial charge in [-0.1, -0.05) is 6.92 Å². The van der Waals surface area contributed by atoms with Gasteiger partial charge >= 0.3 is 0 Å². The molecule has 0 unspecified atom stereocenters. The van der Waals surface area contributed by atoms with Crippen molar-refractivity contribution in [1.82, 2.24) is 4.98 Å². The van der Waals surface area contributed by atoms with E-state index in [0.717, 1.165) is 35.1 Å². The van der Waals surface area contributed by atoms with Crippen LogP contribution in [-0.2, 0) is 0 Å². The van der Waals surface area contributed by atoms with Gasteiger partial charge in [0.25, 0.3) is 0 Å². The van der Waals surface area contributed by atoms with Gasteiger partial charge in [0, 0.05) is 17.5 Å². The van der Waals surface area contributed by atoms with Gasteiger partial charge in [0.15, 0.2) is 5.13 Å². The summed E-state index contributed by atoms with van der Waals surface area (Å²) in [5, 5.41) is 6.34. The van der Waals surface area contributed by atoms with E-state index >= 15 is 0 Å². The minimum Gasteiger partial charge on any atom is -0.497 e. The highest BCUT2D eigenvalue weighted by Crippen LogP contribution is 2.26. The topological polar surface area (TPSA) is 34.2 Å². The first-order chi connectivity index (χ1) is 8.33. The molecule has 0 aliphatic rings. The van der Waals surface area contributed by atoms with Crippen molar-refractivity contribution < 1.29 is 4.74 Å². The molecule has 0 aliphatic carbocycles. The molecule has 0 bridgehead atoms. The standard InChI is InChI=1S/C13H16N2OS/c1-3-8-14-13-15-12(9-17-13)10-4-6-11(16-2)7-5-10/h4-7,9H,3,8H2,1-2H3,(H,14,15). The number of hydrogen-bond acceptors (Lipinski definition) is 4. The van der Waals surface area contributed by atoms with Gasteiger partial charge in [-0.2, -0.15) is 0 Å². The molecule has 0 saturated heterocycles. The summed E-state index contributed by atoms with van der Waals surface area (Å²) in [6.07, 6.45) is 1.11. The summed E-state index contributed by atoms with van der Waals surface area (Å²) in [6.45, 7) is 3.11. The van der Waals surface area contributed by atoms with Gasteiger partial charge in [0.05, 0.1) is 12.8 Å². The van der Waals surface area contributed by atoms with Crippen molar-refractivity contribution in [2.24, 2.45) is 0 Å². The summed E-state index contributed by atoms with van der Waals surface area (Å²) < 4.78 is 5.13. The molecule has 0 amide bonds. The zero-order valence-electron chi connectivity index (χ0n) is 10.1. The highest BCUT2D eigenvalue weighted by Gasteiger charge is 2.03. The molecule has 4 heteroatoms. The molecule has 0 spiro atoms. The van der Waals surface area contributed by atoms with Gasteiger partial charge in [-0.05, 0) is 30.7 Å². The third-order valence-electron chi connectivity index (χ3n) is 2.42. The van der Waals surface area contributed by atoms with Crippen LogP contribution < -0.4 is 10.1 Å². The fraction of sp³-hybridized carbons (Fsp3) is 0.308. The van der Waals surface area contributed by atoms with Crippen molar-refractivity contribution in [1.29, 1.82) is 0 Å². The number of hydrogen-bond donors (Lipinski definition) is 1. The number of rotatable bonds is 5. The quantitative estimate of drug-likeness (QED) is 0.877. The molecule has 1 N–H and O–H groups in total. The lowest BCUT2D eigenvalue weighted by atomic mass is 10.2. The van der Waals surface area contributed by atoms with Crippen LogP contribution in [0.3, 0.4) is 0 Å². The van der Waals surface area contributed by atoms with Crippen molar-refractivity contribution in [3.8, 4) is 17.0 Å². The molecule has 2 aromatic rings. The molecule has 2 rings (SSSR count).